The molecule has 0 unspecified atom stereocenters. The van der Waals surface area contributed by atoms with Crippen LogP contribution < -0.4 is 5.73 Å². The van der Waals surface area contributed by atoms with Gasteiger partial charge in [-0.3, -0.25) is 4.79 Å². The number of nitrogens with two attached hydrogens (primary N) is 1. The zero-order chi connectivity index (χ0) is 15.2. The van der Waals surface area contributed by atoms with Gasteiger partial charge in [-0.1, -0.05) is 36.4 Å². The minimum atomic E-state index is -0.0118. The fourth-order valence-corrected chi connectivity index (χ4v) is 2.62. The molecule has 0 aliphatic rings. The monoisotopic (exact) mass is 346 g/mol. The van der Waals surface area contributed by atoms with Gasteiger partial charge in [0.2, 0.25) is 0 Å². The topological polar surface area (TPSA) is 46.3 Å². The smallest absolute Gasteiger partial charge is 0.254 e. The highest BCUT2D eigenvalue weighted by Gasteiger charge is 2.15. The lowest BCUT2D eigenvalue weighted by Crippen LogP contribution is -2.28. The van der Waals surface area contributed by atoms with Crippen molar-refractivity contribution in [3.05, 3.63) is 64.1 Å². The van der Waals surface area contributed by atoms with Crippen LogP contribution >= 0.6 is 15.9 Å². The SMILES string of the molecule is CN(CCCc1ccccc1)C(=O)c1cccc(N)c1Br. The Morgan fingerprint density at radius 1 is 1.14 bits per heavy atom. The maximum absolute atomic E-state index is 12.4. The van der Waals surface area contributed by atoms with Gasteiger partial charge in [0.1, 0.15) is 0 Å². The van der Waals surface area contributed by atoms with Crippen molar-refractivity contribution in [2.75, 3.05) is 19.3 Å². The third kappa shape index (κ3) is 4.08. The van der Waals surface area contributed by atoms with Gasteiger partial charge in [-0.05, 0) is 46.5 Å². The lowest BCUT2D eigenvalue weighted by atomic mass is 10.1. The van der Waals surface area contributed by atoms with E-state index >= 15 is 0 Å². The minimum Gasteiger partial charge on any atom is -0.398 e. The number of carbonyl (C=O) groups is 1. The summed E-state index contributed by atoms with van der Waals surface area (Å²) < 4.78 is 0.671. The normalized spacial score (nSPS) is 10.4. The van der Waals surface area contributed by atoms with Gasteiger partial charge in [0.05, 0.1) is 10.0 Å². The summed E-state index contributed by atoms with van der Waals surface area (Å²) in [6.45, 7) is 0.717. The van der Waals surface area contributed by atoms with E-state index in [1.807, 2.05) is 25.2 Å². The molecule has 0 saturated carbocycles. The molecule has 0 bridgehead atoms. The van der Waals surface area contributed by atoms with Crippen LogP contribution in [0.15, 0.2) is 53.0 Å². The third-order valence-corrected chi connectivity index (χ3v) is 4.29. The van der Waals surface area contributed by atoms with Gasteiger partial charge >= 0.3 is 0 Å². The predicted molar refractivity (Wildman–Crippen MR) is 90.3 cm³/mol. The summed E-state index contributed by atoms with van der Waals surface area (Å²) in [4.78, 5) is 14.1. The molecule has 2 rings (SSSR count). The summed E-state index contributed by atoms with van der Waals surface area (Å²) in [6.07, 6.45) is 1.91. The molecule has 0 aromatic heterocycles. The van der Waals surface area contributed by atoms with E-state index < -0.39 is 0 Å². The predicted octanol–water partition coefficient (Wildman–Crippen LogP) is 3.74. The Morgan fingerprint density at radius 3 is 2.57 bits per heavy atom. The number of aryl methyl sites for hydroxylation is 1. The van der Waals surface area contributed by atoms with Crippen LogP contribution in [0.4, 0.5) is 5.69 Å². The van der Waals surface area contributed by atoms with Crippen molar-refractivity contribution in [1.29, 1.82) is 0 Å². The first-order valence-electron chi connectivity index (χ1n) is 6.93. The third-order valence-electron chi connectivity index (χ3n) is 3.41. The van der Waals surface area contributed by atoms with Gasteiger partial charge in [0.15, 0.2) is 0 Å². The van der Waals surface area contributed by atoms with Crippen LogP contribution in [0.25, 0.3) is 0 Å². The molecule has 1 amide bonds. The fraction of sp³-hybridized carbons (Fsp3) is 0.235. The molecule has 0 spiro atoms. The molecular weight excluding hydrogens is 328 g/mol. The van der Waals surface area contributed by atoms with E-state index in [4.69, 9.17) is 5.73 Å². The Labute approximate surface area is 133 Å². The van der Waals surface area contributed by atoms with Gasteiger partial charge in [-0.25, -0.2) is 0 Å². The van der Waals surface area contributed by atoms with E-state index in [0.717, 1.165) is 19.4 Å². The van der Waals surface area contributed by atoms with Crippen molar-refractivity contribution in [3.8, 4) is 0 Å². The van der Waals surface area contributed by atoms with Crippen molar-refractivity contribution < 1.29 is 4.79 Å². The number of amides is 1. The van der Waals surface area contributed by atoms with E-state index in [-0.39, 0.29) is 5.91 Å². The van der Waals surface area contributed by atoms with Crippen molar-refractivity contribution in [2.24, 2.45) is 0 Å². The molecule has 3 nitrogen and oxygen atoms in total. The number of hydrogen-bond acceptors (Lipinski definition) is 2. The Hall–Kier alpha value is -1.81. The Balaban J connectivity index is 1.92. The molecule has 0 aliphatic heterocycles. The van der Waals surface area contributed by atoms with E-state index in [9.17, 15) is 4.79 Å². The summed E-state index contributed by atoms with van der Waals surface area (Å²) in [7, 11) is 1.82. The van der Waals surface area contributed by atoms with Gasteiger partial charge in [-0.2, -0.15) is 0 Å². The van der Waals surface area contributed by atoms with Crippen LogP contribution in [-0.2, 0) is 6.42 Å². The van der Waals surface area contributed by atoms with Gasteiger partial charge < -0.3 is 10.6 Å². The van der Waals surface area contributed by atoms with Crippen LogP contribution in [-0.4, -0.2) is 24.4 Å². The molecular formula is C17H19BrN2O. The highest BCUT2D eigenvalue weighted by atomic mass is 79.9. The Kier molecular flexibility index (Phi) is 5.39. The molecule has 0 aliphatic carbocycles. The van der Waals surface area contributed by atoms with Gasteiger partial charge in [0, 0.05) is 19.3 Å². The van der Waals surface area contributed by atoms with Crippen LogP contribution in [0, 0.1) is 0 Å². The number of benzene rings is 2. The maximum atomic E-state index is 12.4. The van der Waals surface area contributed by atoms with Crippen LogP contribution in [0.5, 0.6) is 0 Å². The van der Waals surface area contributed by atoms with E-state index in [1.165, 1.54) is 5.56 Å². The molecule has 21 heavy (non-hydrogen) atoms. The van der Waals surface area contributed by atoms with Gasteiger partial charge in [0.25, 0.3) is 5.91 Å². The quantitative estimate of drug-likeness (QED) is 0.838. The van der Waals surface area contributed by atoms with Crippen molar-refractivity contribution in [2.45, 2.75) is 12.8 Å². The largest absolute Gasteiger partial charge is 0.398 e. The number of hydrogen-bond donors (Lipinski definition) is 1. The molecule has 0 saturated heterocycles. The summed E-state index contributed by atoms with van der Waals surface area (Å²) in [5, 5.41) is 0. The number of halogens is 1. The van der Waals surface area contributed by atoms with E-state index in [0.29, 0.717) is 15.7 Å². The van der Waals surface area contributed by atoms with Crippen molar-refractivity contribution in [1.82, 2.24) is 4.90 Å². The number of anilines is 1. The molecule has 0 fully saturated rings. The van der Waals surface area contributed by atoms with Crippen molar-refractivity contribution >= 4 is 27.5 Å². The standard InChI is InChI=1S/C17H19BrN2O/c1-20(12-6-9-13-7-3-2-4-8-13)17(21)14-10-5-11-15(19)16(14)18/h2-5,7-8,10-11H,6,9,12,19H2,1H3. The van der Waals surface area contributed by atoms with Crippen molar-refractivity contribution in [3.63, 3.8) is 0 Å². The second-order valence-electron chi connectivity index (χ2n) is 5.02. The molecule has 0 radical (unpaired) electrons. The van der Waals surface area contributed by atoms with Crippen LogP contribution in [0.1, 0.15) is 22.3 Å². The highest BCUT2D eigenvalue weighted by Crippen LogP contribution is 2.24. The van der Waals surface area contributed by atoms with E-state index in [1.54, 1.807) is 23.1 Å². The number of carbonyl (C=O) groups excluding carboxylic acids is 1. The minimum absolute atomic E-state index is 0.0118. The number of rotatable bonds is 5. The average molecular weight is 347 g/mol. The zero-order valence-electron chi connectivity index (χ0n) is 12.1. The summed E-state index contributed by atoms with van der Waals surface area (Å²) in [5.74, 6) is -0.0118. The number of nitrogen functional groups attached to an aromatic ring is 1. The molecule has 2 N–H and O–H groups in total. The second-order valence-corrected chi connectivity index (χ2v) is 5.82. The summed E-state index contributed by atoms with van der Waals surface area (Å²) >= 11 is 3.38. The Bertz CT molecular complexity index is 613. The lowest BCUT2D eigenvalue weighted by Gasteiger charge is -2.18. The van der Waals surface area contributed by atoms with Gasteiger partial charge in [-0.15, -0.1) is 0 Å². The van der Waals surface area contributed by atoms with Crippen LogP contribution in [0.2, 0.25) is 0 Å². The molecule has 0 heterocycles. The maximum Gasteiger partial charge on any atom is 0.254 e. The molecule has 0 atom stereocenters. The zero-order valence-corrected chi connectivity index (χ0v) is 13.6. The Morgan fingerprint density at radius 2 is 1.86 bits per heavy atom. The molecule has 4 heteroatoms. The summed E-state index contributed by atoms with van der Waals surface area (Å²) in [5.41, 5.74) is 8.30. The summed E-state index contributed by atoms with van der Waals surface area (Å²) in [6, 6.07) is 15.7. The molecule has 110 valence electrons. The second kappa shape index (κ2) is 7.27. The first-order chi connectivity index (χ1) is 10.1. The first kappa shape index (κ1) is 15.6. The van der Waals surface area contributed by atoms with E-state index in [2.05, 4.69) is 28.1 Å². The first-order valence-corrected chi connectivity index (χ1v) is 7.72. The highest BCUT2D eigenvalue weighted by molar-refractivity contribution is 9.10. The van der Waals surface area contributed by atoms with Crippen LogP contribution in [0.3, 0.4) is 0 Å². The average Bonchev–Trinajstić information content (AvgIpc) is 2.50. The molecule has 2 aromatic carbocycles. The lowest BCUT2D eigenvalue weighted by molar-refractivity contribution is 0.0792. The molecule has 2 aromatic rings. The number of nitrogens with zero attached hydrogens (tertiary/aromatic N) is 1. The fourth-order valence-electron chi connectivity index (χ4n) is 2.19.